The van der Waals surface area contributed by atoms with Crippen molar-refractivity contribution in [1.29, 1.82) is 5.26 Å². The first kappa shape index (κ1) is 9.43. The third-order valence-corrected chi connectivity index (χ3v) is 2.05. The van der Waals surface area contributed by atoms with Gasteiger partial charge < -0.3 is 4.42 Å². The van der Waals surface area contributed by atoms with Crippen molar-refractivity contribution in [3.63, 3.8) is 0 Å². The zero-order valence-electron chi connectivity index (χ0n) is 7.10. The van der Waals surface area contributed by atoms with Gasteiger partial charge >= 0.3 is 5.89 Å². The lowest BCUT2D eigenvalue weighted by Gasteiger charge is -1.92. The van der Waals surface area contributed by atoms with E-state index in [-0.39, 0.29) is 22.2 Å². The fourth-order valence-electron chi connectivity index (χ4n) is 1.13. The van der Waals surface area contributed by atoms with Gasteiger partial charge in [0.05, 0.1) is 11.0 Å². The Morgan fingerprint density at radius 3 is 2.93 bits per heavy atom. The van der Waals surface area contributed by atoms with Crippen molar-refractivity contribution >= 4 is 28.4 Å². The van der Waals surface area contributed by atoms with Gasteiger partial charge in [-0.25, -0.2) is 0 Å². The Hall–Kier alpha value is -2.13. The van der Waals surface area contributed by atoms with Gasteiger partial charge in [0, 0.05) is 0 Å². The molecule has 0 fully saturated rings. The maximum Gasteiger partial charge on any atom is 0.301 e. The van der Waals surface area contributed by atoms with Gasteiger partial charge in [0.2, 0.25) is 0 Å². The summed E-state index contributed by atoms with van der Waals surface area (Å²) in [6.45, 7) is 0. The predicted molar refractivity (Wildman–Crippen MR) is 50.4 cm³/mol. The number of nitro groups is 1. The molecule has 6 nitrogen and oxygen atoms in total. The molecule has 0 radical (unpaired) electrons. The summed E-state index contributed by atoms with van der Waals surface area (Å²) < 4.78 is 4.93. The maximum absolute atomic E-state index is 10.5. The SMILES string of the molecule is N#Cc1nc2cc(Cl)c([N+](=O)[O-])cc2o1. The highest BCUT2D eigenvalue weighted by molar-refractivity contribution is 6.33. The molecule has 0 aliphatic rings. The number of hydrogen-bond donors (Lipinski definition) is 0. The van der Waals surface area contributed by atoms with Crippen LogP contribution in [0.25, 0.3) is 11.1 Å². The minimum Gasteiger partial charge on any atom is -0.428 e. The van der Waals surface area contributed by atoms with Gasteiger partial charge in [-0.1, -0.05) is 11.6 Å². The average molecular weight is 224 g/mol. The smallest absolute Gasteiger partial charge is 0.301 e. The fourth-order valence-corrected chi connectivity index (χ4v) is 1.35. The lowest BCUT2D eigenvalue weighted by molar-refractivity contribution is -0.384. The van der Waals surface area contributed by atoms with E-state index in [1.165, 1.54) is 6.07 Å². The van der Waals surface area contributed by atoms with Gasteiger partial charge in [0.1, 0.15) is 10.5 Å². The normalized spacial score (nSPS) is 10.1. The van der Waals surface area contributed by atoms with Gasteiger partial charge in [0.15, 0.2) is 11.7 Å². The van der Waals surface area contributed by atoms with Crippen molar-refractivity contribution in [3.8, 4) is 6.07 Å². The quantitative estimate of drug-likeness (QED) is 0.546. The van der Waals surface area contributed by atoms with Gasteiger partial charge in [0.25, 0.3) is 5.69 Å². The van der Waals surface area contributed by atoms with Gasteiger partial charge in [-0.05, 0) is 6.07 Å². The Bertz CT molecular complexity index is 599. The first-order valence-corrected chi connectivity index (χ1v) is 4.14. The molecule has 2 rings (SSSR count). The summed E-state index contributed by atoms with van der Waals surface area (Å²) in [5.74, 6) is -0.151. The van der Waals surface area contributed by atoms with Crippen molar-refractivity contribution in [1.82, 2.24) is 4.98 Å². The summed E-state index contributed by atoms with van der Waals surface area (Å²) in [5.41, 5.74) is 0.217. The first-order valence-electron chi connectivity index (χ1n) is 3.76. The van der Waals surface area contributed by atoms with Crippen molar-refractivity contribution < 1.29 is 9.34 Å². The molecule has 2 aromatic rings. The molecule has 74 valence electrons. The molecule has 0 saturated heterocycles. The fraction of sp³-hybridized carbons (Fsp3) is 0. The number of nitro benzene ring substituents is 1. The molecule has 0 saturated carbocycles. The van der Waals surface area contributed by atoms with Crippen LogP contribution >= 0.6 is 11.6 Å². The number of halogens is 1. The van der Waals surface area contributed by atoms with E-state index in [1.807, 2.05) is 0 Å². The van der Waals surface area contributed by atoms with Gasteiger partial charge in [-0.2, -0.15) is 10.2 Å². The van der Waals surface area contributed by atoms with Crippen LogP contribution in [0.1, 0.15) is 5.89 Å². The van der Waals surface area contributed by atoms with E-state index in [0.717, 1.165) is 6.07 Å². The number of rotatable bonds is 1. The summed E-state index contributed by atoms with van der Waals surface area (Å²) in [6.07, 6.45) is 0. The monoisotopic (exact) mass is 223 g/mol. The van der Waals surface area contributed by atoms with E-state index in [1.54, 1.807) is 6.07 Å². The largest absolute Gasteiger partial charge is 0.428 e. The minimum atomic E-state index is -0.629. The molecule has 0 unspecified atom stereocenters. The number of hydrogen-bond acceptors (Lipinski definition) is 5. The summed E-state index contributed by atoms with van der Waals surface area (Å²) in [4.78, 5) is 13.7. The standard InChI is InChI=1S/C8H2ClN3O3/c9-4-1-5-7(2-6(4)12(13)14)15-8(3-10)11-5/h1-2H. The third-order valence-electron chi connectivity index (χ3n) is 1.75. The number of fused-ring (bicyclic) bond motifs is 1. The Morgan fingerprint density at radius 2 is 2.33 bits per heavy atom. The van der Waals surface area contributed by atoms with Crippen LogP contribution in [0.3, 0.4) is 0 Å². The second-order valence-corrected chi connectivity index (χ2v) is 3.07. The van der Waals surface area contributed by atoms with Crippen molar-refractivity contribution in [3.05, 3.63) is 33.2 Å². The van der Waals surface area contributed by atoms with Crippen LogP contribution < -0.4 is 0 Å². The van der Waals surface area contributed by atoms with E-state index < -0.39 is 4.92 Å². The summed E-state index contributed by atoms with van der Waals surface area (Å²) in [5, 5.41) is 19.0. The molecule has 0 amide bonds. The summed E-state index contributed by atoms with van der Waals surface area (Å²) in [7, 11) is 0. The van der Waals surface area contributed by atoms with E-state index in [9.17, 15) is 10.1 Å². The number of benzene rings is 1. The van der Waals surface area contributed by atoms with Crippen LogP contribution in [0, 0.1) is 21.4 Å². The van der Waals surface area contributed by atoms with Crippen LogP contribution in [0.15, 0.2) is 16.5 Å². The summed E-state index contributed by atoms with van der Waals surface area (Å²) in [6, 6.07) is 4.13. The highest BCUT2D eigenvalue weighted by Gasteiger charge is 2.16. The molecule has 0 aliphatic carbocycles. The van der Waals surface area contributed by atoms with E-state index in [0.29, 0.717) is 5.52 Å². The number of nitrogens with zero attached hydrogens (tertiary/aromatic N) is 3. The van der Waals surface area contributed by atoms with Crippen molar-refractivity contribution in [2.75, 3.05) is 0 Å². The minimum absolute atomic E-state index is 0.0368. The number of nitriles is 1. The van der Waals surface area contributed by atoms with Crippen LogP contribution in [0.5, 0.6) is 0 Å². The molecular formula is C8H2ClN3O3. The Balaban J connectivity index is 2.75. The zero-order valence-corrected chi connectivity index (χ0v) is 7.85. The molecule has 0 N–H and O–H groups in total. The Labute approximate surface area is 87.8 Å². The average Bonchev–Trinajstić information content (AvgIpc) is 2.58. The third kappa shape index (κ3) is 1.49. The van der Waals surface area contributed by atoms with Crippen LogP contribution in [-0.4, -0.2) is 9.91 Å². The lowest BCUT2D eigenvalue weighted by atomic mass is 10.3. The second kappa shape index (κ2) is 3.22. The molecule has 1 heterocycles. The molecule has 1 aromatic heterocycles. The van der Waals surface area contributed by atoms with E-state index >= 15 is 0 Å². The molecule has 0 spiro atoms. The Morgan fingerprint density at radius 1 is 1.60 bits per heavy atom. The predicted octanol–water partition coefficient (Wildman–Crippen LogP) is 2.26. The summed E-state index contributed by atoms with van der Waals surface area (Å²) >= 11 is 5.64. The van der Waals surface area contributed by atoms with Gasteiger partial charge in [-0.3, -0.25) is 10.1 Å². The molecule has 15 heavy (non-hydrogen) atoms. The molecule has 0 aliphatic heterocycles. The highest BCUT2D eigenvalue weighted by atomic mass is 35.5. The Kier molecular flexibility index (Phi) is 2.02. The van der Waals surface area contributed by atoms with E-state index in [2.05, 4.69) is 4.98 Å². The molecule has 0 bridgehead atoms. The molecular weight excluding hydrogens is 222 g/mol. The maximum atomic E-state index is 10.5. The van der Waals surface area contributed by atoms with Crippen molar-refractivity contribution in [2.45, 2.75) is 0 Å². The van der Waals surface area contributed by atoms with Crippen LogP contribution in [-0.2, 0) is 0 Å². The first-order chi connectivity index (χ1) is 7.11. The highest BCUT2D eigenvalue weighted by Crippen LogP contribution is 2.29. The van der Waals surface area contributed by atoms with E-state index in [4.69, 9.17) is 21.3 Å². The molecule has 7 heteroatoms. The van der Waals surface area contributed by atoms with Crippen molar-refractivity contribution in [2.24, 2.45) is 0 Å². The topological polar surface area (TPSA) is 93.0 Å². The number of oxazole rings is 1. The van der Waals surface area contributed by atoms with Crippen LogP contribution in [0.4, 0.5) is 5.69 Å². The second-order valence-electron chi connectivity index (χ2n) is 2.66. The lowest BCUT2D eigenvalue weighted by Crippen LogP contribution is -1.88. The molecule has 1 aromatic carbocycles. The van der Waals surface area contributed by atoms with Crippen LogP contribution in [0.2, 0.25) is 5.02 Å². The number of aromatic nitrogens is 1. The van der Waals surface area contributed by atoms with Gasteiger partial charge in [-0.15, -0.1) is 0 Å². The zero-order chi connectivity index (χ0) is 11.0. The molecule has 0 atom stereocenters.